The number of hydrogen-bond donors (Lipinski definition) is 1. The molecule has 1 saturated heterocycles. The fraction of sp³-hybridized carbons (Fsp3) is 0.867. The van der Waals surface area contributed by atoms with Gasteiger partial charge in [-0.1, -0.05) is 20.8 Å². The van der Waals surface area contributed by atoms with Gasteiger partial charge in [0.2, 0.25) is 0 Å². The van der Waals surface area contributed by atoms with E-state index in [0.717, 1.165) is 6.42 Å². The first-order valence-corrected chi connectivity index (χ1v) is 7.17. The minimum absolute atomic E-state index is 0.156. The highest BCUT2D eigenvalue weighted by molar-refractivity contribution is 5.86. The lowest BCUT2D eigenvalue weighted by molar-refractivity contribution is -0.206. The van der Waals surface area contributed by atoms with Gasteiger partial charge in [-0.2, -0.15) is 0 Å². The van der Waals surface area contributed by atoms with Crippen LogP contribution in [0, 0.1) is 22.7 Å². The van der Waals surface area contributed by atoms with Crippen LogP contribution in [0.1, 0.15) is 46.5 Å². The quantitative estimate of drug-likeness (QED) is 0.678. The third-order valence-corrected chi connectivity index (χ3v) is 6.57. The van der Waals surface area contributed by atoms with Crippen LogP contribution in [-0.4, -0.2) is 29.1 Å². The lowest BCUT2D eigenvalue weighted by Gasteiger charge is -2.57. The predicted octanol–water partition coefficient (Wildman–Crippen LogP) is 1.70. The first kappa shape index (κ1) is 13.1. The Hall–Kier alpha value is -0.900. The fourth-order valence-electron chi connectivity index (χ4n) is 4.88. The summed E-state index contributed by atoms with van der Waals surface area (Å²) in [4.78, 5) is 24.4. The van der Waals surface area contributed by atoms with E-state index in [9.17, 15) is 14.7 Å². The van der Waals surface area contributed by atoms with Crippen LogP contribution in [0.5, 0.6) is 0 Å². The molecule has 0 spiro atoms. The number of cyclic esters (lactones) is 1. The number of ether oxygens (including phenoxy) is 1. The molecule has 0 aromatic carbocycles. The van der Waals surface area contributed by atoms with E-state index in [0.29, 0.717) is 12.8 Å². The van der Waals surface area contributed by atoms with Gasteiger partial charge < -0.3 is 9.84 Å². The van der Waals surface area contributed by atoms with Crippen molar-refractivity contribution in [3.8, 4) is 0 Å². The van der Waals surface area contributed by atoms with Gasteiger partial charge in [0.05, 0.1) is 12.0 Å². The summed E-state index contributed by atoms with van der Waals surface area (Å²) >= 11 is 0. The van der Waals surface area contributed by atoms with E-state index in [1.54, 1.807) is 0 Å². The summed E-state index contributed by atoms with van der Waals surface area (Å²) in [7, 11) is 0. The predicted molar refractivity (Wildman–Crippen MR) is 68.3 cm³/mol. The lowest BCUT2D eigenvalue weighted by atomic mass is 9.48. The summed E-state index contributed by atoms with van der Waals surface area (Å²) in [6, 6.07) is 0. The van der Waals surface area contributed by atoms with Crippen LogP contribution in [0.25, 0.3) is 0 Å². The molecule has 1 aliphatic heterocycles. The number of esters is 1. The highest BCUT2D eigenvalue weighted by atomic mass is 16.5. The lowest BCUT2D eigenvalue weighted by Crippen LogP contribution is -2.65. The topological polar surface area (TPSA) is 63.6 Å². The van der Waals surface area contributed by atoms with E-state index >= 15 is 0 Å². The molecule has 1 heterocycles. The van der Waals surface area contributed by atoms with Crippen LogP contribution < -0.4 is 0 Å². The minimum Gasteiger partial charge on any atom is -0.465 e. The van der Waals surface area contributed by atoms with E-state index in [1.165, 1.54) is 0 Å². The molecule has 2 saturated carbocycles. The van der Waals surface area contributed by atoms with Crippen molar-refractivity contribution < 1.29 is 19.4 Å². The maximum atomic E-state index is 12.4. The van der Waals surface area contributed by atoms with Crippen LogP contribution in [0.15, 0.2) is 0 Å². The normalized spacial score (nSPS) is 53.5. The fourth-order valence-corrected chi connectivity index (χ4v) is 4.88. The van der Waals surface area contributed by atoms with Gasteiger partial charge in [0.1, 0.15) is 12.4 Å². The molecule has 0 radical (unpaired) electrons. The molecule has 0 aromatic heterocycles. The van der Waals surface area contributed by atoms with Crippen LogP contribution >= 0.6 is 0 Å². The van der Waals surface area contributed by atoms with Crippen molar-refractivity contribution in [1.29, 1.82) is 0 Å². The second-order valence-corrected chi connectivity index (χ2v) is 7.08. The van der Waals surface area contributed by atoms with Gasteiger partial charge in [0.25, 0.3) is 0 Å². The second-order valence-electron chi connectivity index (χ2n) is 7.08. The van der Waals surface area contributed by atoms with Crippen molar-refractivity contribution in [1.82, 2.24) is 0 Å². The number of rotatable bonds is 0. The molecular weight excluding hydrogens is 244 g/mol. The van der Waals surface area contributed by atoms with Crippen LogP contribution in [-0.2, 0) is 14.3 Å². The molecule has 0 amide bonds. The van der Waals surface area contributed by atoms with Crippen molar-refractivity contribution in [3.05, 3.63) is 0 Å². The maximum Gasteiger partial charge on any atom is 0.306 e. The molecule has 19 heavy (non-hydrogen) atoms. The summed E-state index contributed by atoms with van der Waals surface area (Å²) in [5.74, 6) is -0.183. The van der Waals surface area contributed by atoms with Crippen molar-refractivity contribution in [3.63, 3.8) is 0 Å². The van der Waals surface area contributed by atoms with Gasteiger partial charge in [0, 0.05) is 23.2 Å². The molecule has 4 heteroatoms. The number of Topliss-reactive ketones (excluding diaryl/α,β-unsaturated/α-hetero) is 1. The molecule has 3 rings (SSSR count). The van der Waals surface area contributed by atoms with Crippen molar-refractivity contribution >= 4 is 11.8 Å². The highest BCUT2D eigenvalue weighted by Crippen LogP contribution is 2.67. The number of ketones is 1. The first-order chi connectivity index (χ1) is 8.77. The molecule has 4 nitrogen and oxygen atoms in total. The summed E-state index contributed by atoms with van der Waals surface area (Å²) in [6.07, 6.45) is 2.04. The van der Waals surface area contributed by atoms with E-state index in [2.05, 4.69) is 6.92 Å². The molecule has 2 unspecified atom stereocenters. The van der Waals surface area contributed by atoms with E-state index in [-0.39, 0.29) is 36.6 Å². The Kier molecular flexibility index (Phi) is 2.48. The van der Waals surface area contributed by atoms with Crippen LogP contribution in [0.3, 0.4) is 0 Å². The summed E-state index contributed by atoms with van der Waals surface area (Å²) in [5.41, 5.74) is -2.23. The van der Waals surface area contributed by atoms with Crippen LogP contribution in [0.4, 0.5) is 0 Å². The zero-order chi connectivity index (χ0) is 14.1. The molecule has 0 aromatic rings. The summed E-state index contributed by atoms with van der Waals surface area (Å²) in [6.45, 7) is 6.00. The second kappa shape index (κ2) is 3.60. The Bertz CT molecular complexity index is 459. The molecule has 3 aliphatic rings. The average molecular weight is 266 g/mol. The highest BCUT2D eigenvalue weighted by Gasteiger charge is 2.72. The van der Waals surface area contributed by atoms with Gasteiger partial charge in [-0.05, 0) is 18.8 Å². The minimum atomic E-state index is -0.959. The zero-order valence-electron chi connectivity index (χ0n) is 11.9. The first-order valence-electron chi connectivity index (χ1n) is 7.17. The Morgan fingerprint density at radius 1 is 1.26 bits per heavy atom. The van der Waals surface area contributed by atoms with Crippen molar-refractivity contribution in [2.75, 3.05) is 6.61 Å². The smallest absolute Gasteiger partial charge is 0.306 e. The van der Waals surface area contributed by atoms with Crippen molar-refractivity contribution in [2.45, 2.75) is 52.1 Å². The summed E-state index contributed by atoms with van der Waals surface area (Å²) in [5, 5.41) is 11.4. The van der Waals surface area contributed by atoms with Crippen molar-refractivity contribution in [2.24, 2.45) is 22.7 Å². The molecule has 2 aliphatic carbocycles. The third kappa shape index (κ3) is 1.28. The van der Waals surface area contributed by atoms with Gasteiger partial charge in [-0.25, -0.2) is 0 Å². The Labute approximate surface area is 113 Å². The number of carbonyl (C=O) groups is 2. The Balaban J connectivity index is 2.23. The standard InChI is InChI=1S/C15H22O4/c1-9-4-5-15(18)13(3)8-19-12(17)7-14(9,15)6-11(16)10(13)2/h9-10,18H,4-8H2,1-3H3/t9?,10-,13-,14?,15+/m1/s1. The number of carbonyl (C=O) groups excluding carboxylic acids is 2. The number of hydrogen-bond acceptors (Lipinski definition) is 4. The Morgan fingerprint density at radius 2 is 1.95 bits per heavy atom. The van der Waals surface area contributed by atoms with Crippen LogP contribution in [0.2, 0.25) is 0 Å². The molecule has 5 atom stereocenters. The molecule has 106 valence electrons. The Morgan fingerprint density at radius 3 is 2.63 bits per heavy atom. The van der Waals surface area contributed by atoms with Gasteiger partial charge in [-0.3, -0.25) is 9.59 Å². The zero-order valence-corrected chi connectivity index (χ0v) is 11.9. The average Bonchev–Trinajstić information content (AvgIpc) is 2.57. The summed E-state index contributed by atoms with van der Waals surface area (Å²) < 4.78 is 5.33. The monoisotopic (exact) mass is 266 g/mol. The maximum absolute atomic E-state index is 12.4. The van der Waals surface area contributed by atoms with E-state index < -0.39 is 16.4 Å². The van der Waals surface area contributed by atoms with Gasteiger partial charge in [-0.15, -0.1) is 0 Å². The largest absolute Gasteiger partial charge is 0.465 e. The van der Waals surface area contributed by atoms with E-state index in [1.807, 2.05) is 13.8 Å². The molecule has 1 N–H and O–H groups in total. The third-order valence-electron chi connectivity index (χ3n) is 6.57. The SMILES string of the molecule is CC1CC[C@@]2(O)C13CC(=O)OC[C@]2(C)[C@H](C)C(=O)C3. The van der Waals surface area contributed by atoms with E-state index in [4.69, 9.17) is 4.74 Å². The molecule has 2 bridgehead atoms. The molecular formula is C15H22O4. The number of aliphatic hydroxyl groups is 1. The van der Waals surface area contributed by atoms with Gasteiger partial charge in [0.15, 0.2) is 0 Å². The molecule has 3 fully saturated rings. The van der Waals surface area contributed by atoms with Gasteiger partial charge >= 0.3 is 5.97 Å².